The van der Waals surface area contributed by atoms with E-state index in [0.29, 0.717) is 5.69 Å². The molecule has 1 atom stereocenters. The van der Waals surface area contributed by atoms with Crippen LogP contribution in [0.4, 0.5) is 24.5 Å². The van der Waals surface area contributed by atoms with Crippen molar-refractivity contribution in [1.82, 2.24) is 0 Å². The third-order valence-corrected chi connectivity index (χ3v) is 3.73. The number of aromatic hydroxyl groups is 1. The maximum Gasteiger partial charge on any atom is 0.399 e. The van der Waals surface area contributed by atoms with Gasteiger partial charge in [0, 0.05) is 5.69 Å². The summed E-state index contributed by atoms with van der Waals surface area (Å²) in [5.74, 6) is -2.09. The highest BCUT2D eigenvalue weighted by Gasteiger charge is 2.42. The Bertz CT molecular complexity index is 699. The van der Waals surface area contributed by atoms with Crippen molar-refractivity contribution in [2.24, 2.45) is 0 Å². The van der Waals surface area contributed by atoms with E-state index in [9.17, 15) is 18.3 Å². The zero-order valence-corrected chi connectivity index (χ0v) is 12.7. The number of phenolic OH excluding ortho intramolecular Hbond substituents is 1. The van der Waals surface area contributed by atoms with E-state index in [2.05, 4.69) is 0 Å². The molecule has 1 unspecified atom stereocenters. The number of halogens is 3. The van der Waals surface area contributed by atoms with E-state index in [1.165, 1.54) is 18.2 Å². The molecule has 6 heteroatoms. The van der Waals surface area contributed by atoms with Crippen LogP contribution in [0.1, 0.15) is 36.0 Å². The van der Waals surface area contributed by atoms with Crippen molar-refractivity contribution in [3.63, 3.8) is 0 Å². The molecule has 2 aromatic rings. The Labute approximate surface area is 132 Å². The third kappa shape index (κ3) is 3.70. The maximum atomic E-state index is 13.6. The molecule has 0 aliphatic heterocycles. The maximum absolute atomic E-state index is 13.6. The highest BCUT2D eigenvalue weighted by Crippen LogP contribution is 2.42. The molecule has 0 aliphatic carbocycles. The molecular formula is C17H19F3N2O. The molecule has 0 aromatic heterocycles. The number of nitrogens with two attached hydrogens (primary N) is 2. The molecular weight excluding hydrogens is 305 g/mol. The summed E-state index contributed by atoms with van der Waals surface area (Å²) in [6, 6.07) is 7.98. The number of phenols is 1. The summed E-state index contributed by atoms with van der Waals surface area (Å²) in [6.07, 6.45) is -2.92. The predicted molar refractivity (Wildman–Crippen MR) is 85.3 cm³/mol. The number of hydrogen-bond acceptors (Lipinski definition) is 3. The smallest absolute Gasteiger partial charge is 0.399 e. The lowest BCUT2D eigenvalue weighted by Gasteiger charge is -2.22. The zero-order chi connectivity index (χ0) is 17.2. The van der Waals surface area contributed by atoms with Gasteiger partial charge in [0.1, 0.15) is 11.7 Å². The Hall–Kier alpha value is -2.37. The molecule has 0 heterocycles. The van der Waals surface area contributed by atoms with Crippen molar-refractivity contribution < 1.29 is 18.3 Å². The topological polar surface area (TPSA) is 72.3 Å². The van der Waals surface area contributed by atoms with E-state index in [-0.39, 0.29) is 22.6 Å². The van der Waals surface area contributed by atoms with Gasteiger partial charge in [-0.2, -0.15) is 13.2 Å². The fraction of sp³-hybridized carbons (Fsp3) is 0.294. The molecule has 0 saturated carbocycles. The van der Waals surface area contributed by atoms with Gasteiger partial charge in [0.25, 0.3) is 0 Å². The molecule has 0 aliphatic rings. The van der Waals surface area contributed by atoms with Crippen LogP contribution in [0.15, 0.2) is 36.4 Å². The van der Waals surface area contributed by atoms with Gasteiger partial charge >= 0.3 is 6.18 Å². The summed E-state index contributed by atoms with van der Waals surface area (Å²) >= 11 is 0. The van der Waals surface area contributed by atoms with Crippen LogP contribution in [0.2, 0.25) is 0 Å². The van der Waals surface area contributed by atoms with Gasteiger partial charge in [0.2, 0.25) is 0 Å². The average molecular weight is 324 g/mol. The fourth-order valence-electron chi connectivity index (χ4n) is 2.61. The van der Waals surface area contributed by atoms with E-state index in [1.54, 1.807) is 6.07 Å². The quantitative estimate of drug-likeness (QED) is 0.583. The Morgan fingerprint density at radius 2 is 1.57 bits per heavy atom. The first-order chi connectivity index (χ1) is 10.7. The first-order valence-corrected chi connectivity index (χ1v) is 7.27. The Morgan fingerprint density at radius 1 is 1.00 bits per heavy atom. The standard InChI is InChI=1S/C17H19F3N2O/c1-2-3-10-4-5-11(8-13(10)21)16(17(18,19)20)12-6-7-15(23)14(22)9-12/h4-9,16,23H,2-3,21-22H2,1H3. The molecule has 2 rings (SSSR count). The Morgan fingerprint density at radius 3 is 2.04 bits per heavy atom. The number of rotatable bonds is 4. The molecule has 0 fully saturated rings. The van der Waals surface area contributed by atoms with Gasteiger partial charge in [0.05, 0.1) is 5.69 Å². The normalized spacial score (nSPS) is 13.0. The van der Waals surface area contributed by atoms with E-state index >= 15 is 0 Å². The molecule has 5 N–H and O–H groups in total. The molecule has 0 saturated heterocycles. The van der Waals surface area contributed by atoms with Crippen molar-refractivity contribution in [2.45, 2.75) is 31.9 Å². The monoisotopic (exact) mass is 324 g/mol. The van der Waals surface area contributed by atoms with Crippen LogP contribution in [-0.2, 0) is 6.42 Å². The lowest BCUT2D eigenvalue weighted by Crippen LogP contribution is -2.22. The van der Waals surface area contributed by atoms with Crippen LogP contribution >= 0.6 is 0 Å². The fourth-order valence-corrected chi connectivity index (χ4v) is 2.61. The van der Waals surface area contributed by atoms with E-state index in [1.807, 2.05) is 6.92 Å². The van der Waals surface area contributed by atoms with Gasteiger partial charge in [-0.1, -0.05) is 31.5 Å². The van der Waals surface area contributed by atoms with E-state index in [0.717, 1.165) is 30.5 Å². The number of hydrogen-bond donors (Lipinski definition) is 3. The minimum atomic E-state index is -4.50. The second-order valence-electron chi connectivity index (χ2n) is 5.50. The molecule has 124 valence electrons. The van der Waals surface area contributed by atoms with E-state index < -0.39 is 12.1 Å². The van der Waals surface area contributed by atoms with Gasteiger partial charge < -0.3 is 16.6 Å². The highest BCUT2D eigenvalue weighted by atomic mass is 19.4. The number of anilines is 2. The summed E-state index contributed by atoms with van der Waals surface area (Å²) in [5.41, 5.74) is 12.5. The van der Waals surface area contributed by atoms with Crippen LogP contribution in [0.3, 0.4) is 0 Å². The van der Waals surface area contributed by atoms with E-state index in [4.69, 9.17) is 11.5 Å². The van der Waals surface area contributed by atoms with Crippen LogP contribution < -0.4 is 11.5 Å². The largest absolute Gasteiger partial charge is 0.506 e. The van der Waals surface area contributed by atoms with Gasteiger partial charge in [-0.3, -0.25) is 0 Å². The highest BCUT2D eigenvalue weighted by molar-refractivity contribution is 5.57. The molecule has 0 spiro atoms. The average Bonchev–Trinajstić information content (AvgIpc) is 2.44. The van der Waals surface area contributed by atoms with Gasteiger partial charge in [0.15, 0.2) is 0 Å². The molecule has 3 nitrogen and oxygen atoms in total. The molecule has 2 aromatic carbocycles. The predicted octanol–water partition coefficient (Wildman–Crippen LogP) is 4.20. The Kier molecular flexibility index (Phi) is 4.73. The third-order valence-electron chi connectivity index (χ3n) is 3.73. The first kappa shape index (κ1) is 17.0. The van der Waals surface area contributed by atoms with Crippen LogP contribution in [0.5, 0.6) is 5.75 Å². The second kappa shape index (κ2) is 6.40. The summed E-state index contributed by atoms with van der Waals surface area (Å²) in [4.78, 5) is 0. The number of alkyl halides is 3. The molecule has 0 bridgehead atoms. The first-order valence-electron chi connectivity index (χ1n) is 7.27. The van der Waals surface area contributed by atoms with Gasteiger partial charge in [-0.05, 0) is 41.3 Å². The number of benzene rings is 2. The molecule has 0 radical (unpaired) electrons. The van der Waals surface area contributed by atoms with Crippen molar-refractivity contribution in [3.8, 4) is 5.75 Å². The lowest BCUT2D eigenvalue weighted by molar-refractivity contribution is -0.141. The van der Waals surface area contributed by atoms with Crippen molar-refractivity contribution in [2.75, 3.05) is 11.5 Å². The molecule has 23 heavy (non-hydrogen) atoms. The lowest BCUT2D eigenvalue weighted by atomic mass is 9.89. The number of nitrogen functional groups attached to an aromatic ring is 2. The van der Waals surface area contributed by atoms with Crippen molar-refractivity contribution in [3.05, 3.63) is 53.1 Å². The van der Waals surface area contributed by atoms with Crippen molar-refractivity contribution >= 4 is 11.4 Å². The van der Waals surface area contributed by atoms with Crippen molar-refractivity contribution in [1.29, 1.82) is 0 Å². The van der Waals surface area contributed by atoms with Crippen LogP contribution in [0, 0.1) is 0 Å². The summed E-state index contributed by atoms with van der Waals surface area (Å²) in [6.45, 7) is 1.98. The zero-order valence-electron chi connectivity index (χ0n) is 12.7. The Balaban J connectivity index is 2.51. The SMILES string of the molecule is CCCc1ccc(C(c2ccc(O)c(N)c2)C(F)(F)F)cc1N. The molecule has 0 amide bonds. The minimum absolute atomic E-state index is 0.0320. The summed E-state index contributed by atoms with van der Waals surface area (Å²) in [5, 5.41) is 9.41. The second-order valence-corrected chi connectivity index (χ2v) is 5.50. The van der Waals surface area contributed by atoms with Crippen LogP contribution in [-0.4, -0.2) is 11.3 Å². The minimum Gasteiger partial charge on any atom is -0.506 e. The number of aryl methyl sites for hydroxylation is 1. The van der Waals surface area contributed by atoms with Crippen LogP contribution in [0.25, 0.3) is 0 Å². The summed E-state index contributed by atoms with van der Waals surface area (Å²) in [7, 11) is 0. The summed E-state index contributed by atoms with van der Waals surface area (Å²) < 4.78 is 40.7. The van der Waals surface area contributed by atoms with Gasteiger partial charge in [-0.15, -0.1) is 0 Å². The van der Waals surface area contributed by atoms with Gasteiger partial charge in [-0.25, -0.2) is 0 Å².